The highest BCUT2D eigenvalue weighted by Crippen LogP contribution is 2.35. The predicted octanol–water partition coefficient (Wildman–Crippen LogP) is 5.63. The molecule has 6 nitrogen and oxygen atoms in total. The van der Waals surface area contributed by atoms with Gasteiger partial charge in [0.2, 0.25) is 5.91 Å². The van der Waals surface area contributed by atoms with Gasteiger partial charge >= 0.3 is 0 Å². The number of nitrogens with zero attached hydrogens (tertiary/aromatic N) is 1. The Morgan fingerprint density at radius 1 is 1.12 bits per heavy atom. The van der Waals surface area contributed by atoms with E-state index in [0.29, 0.717) is 49.4 Å². The number of rotatable bonds is 8. The van der Waals surface area contributed by atoms with Crippen LogP contribution < -0.4 is 14.8 Å². The molecule has 1 aliphatic rings. The van der Waals surface area contributed by atoms with Crippen molar-refractivity contribution in [3.8, 4) is 11.5 Å². The molecule has 0 radical (unpaired) electrons. The number of thioether (sulfide) groups is 1. The lowest BCUT2D eigenvalue weighted by Gasteiger charge is -2.14. The summed E-state index contributed by atoms with van der Waals surface area (Å²) in [5.74, 6) is 0.815. The molecule has 0 saturated carbocycles. The van der Waals surface area contributed by atoms with Gasteiger partial charge in [0.1, 0.15) is 4.32 Å². The van der Waals surface area contributed by atoms with Crippen LogP contribution in [0.3, 0.4) is 0 Å². The molecule has 3 rings (SSSR count). The molecular weight excluding hydrogens is 491 g/mol. The number of hydrogen-bond donors (Lipinski definition) is 1. The number of amides is 2. The van der Waals surface area contributed by atoms with Crippen molar-refractivity contribution in [1.82, 2.24) is 4.90 Å². The van der Waals surface area contributed by atoms with E-state index in [1.165, 1.54) is 16.7 Å². The summed E-state index contributed by atoms with van der Waals surface area (Å²) in [6.07, 6.45) is 2.45. The molecule has 0 unspecified atom stereocenters. The maximum Gasteiger partial charge on any atom is 0.266 e. The minimum absolute atomic E-state index is 0.181. The third kappa shape index (κ3) is 5.95. The summed E-state index contributed by atoms with van der Waals surface area (Å²) in [5.41, 5.74) is 1.36. The maximum atomic E-state index is 12.8. The number of halogens is 2. The number of anilines is 1. The van der Waals surface area contributed by atoms with Gasteiger partial charge in [-0.2, -0.15) is 0 Å². The van der Waals surface area contributed by atoms with Gasteiger partial charge in [-0.25, -0.2) is 0 Å². The fourth-order valence-corrected chi connectivity index (χ4v) is 4.59. The molecule has 1 aliphatic heterocycles. The van der Waals surface area contributed by atoms with Gasteiger partial charge in [-0.3, -0.25) is 14.5 Å². The zero-order valence-corrected chi connectivity index (χ0v) is 20.5. The third-order valence-corrected chi connectivity index (χ3v) is 6.68. The van der Waals surface area contributed by atoms with Gasteiger partial charge in [-0.05, 0) is 48.4 Å². The van der Waals surface area contributed by atoms with Crippen molar-refractivity contribution in [2.75, 3.05) is 26.1 Å². The molecule has 1 N–H and O–H groups in total. The van der Waals surface area contributed by atoms with Crippen molar-refractivity contribution in [2.45, 2.75) is 12.8 Å². The van der Waals surface area contributed by atoms with Gasteiger partial charge in [0.05, 0.1) is 29.2 Å². The molecule has 2 amide bonds. The van der Waals surface area contributed by atoms with Gasteiger partial charge in [-0.1, -0.05) is 53.2 Å². The zero-order chi connectivity index (χ0) is 23.3. The number of nitrogens with one attached hydrogen (secondary N) is 1. The summed E-state index contributed by atoms with van der Waals surface area (Å²) in [7, 11) is 3.12. The van der Waals surface area contributed by atoms with Gasteiger partial charge in [0.25, 0.3) is 5.91 Å². The van der Waals surface area contributed by atoms with Crippen molar-refractivity contribution < 1.29 is 19.1 Å². The highest BCUT2D eigenvalue weighted by Gasteiger charge is 2.31. The first kappa shape index (κ1) is 24.4. The van der Waals surface area contributed by atoms with Crippen LogP contribution >= 0.6 is 47.2 Å². The molecule has 1 heterocycles. The van der Waals surface area contributed by atoms with E-state index in [9.17, 15) is 9.59 Å². The van der Waals surface area contributed by atoms with Crippen LogP contribution in [0.4, 0.5) is 5.69 Å². The lowest BCUT2D eigenvalue weighted by Crippen LogP contribution is -2.29. The predicted molar refractivity (Wildman–Crippen MR) is 134 cm³/mol. The normalized spacial score (nSPS) is 14.8. The number of ether oxygens (including phenoxy) is 2. The third-order valence-electron chi connectivity index (χ3n) is 4.57. The van der Waals surface area contributed by atoms with Crippen molar-refractivity contribution >= 4 is 75.1 Å². The quantitative estimate of drug-likeness (QED) is 0.366. The monoisotopic (exact) mass is 510 g/mol. The summed E-state index contributed by atoms with van der Waals surface area (Å²) >= 11 is 18.4. The Labute approximate surface area is 205 Å². The second-order valence-electron chi connectivity index (χ2n) is 6.73. The van der Waals surface area contributed by atoms with Crippen LogP contribution in [0.2, 0.25) is 10.0 Å². The van der Waals surface area contributed by atoms with Crippen LogP contribution in [-0.4, -0.2) is 41.8 Å². The van der Waals surface area contributed by atoms with E-state index in [2.05, 4.69) is 5.32 Å². The van der Waals surface area contributed by atoms with Crippen molar-refractivity contribution in [2.24, 2.45) is 0 Å². The summed E-state index contributed by atoms with van der Waals surface area (Å²) in [4.78, 5) is 27.0. The Morgan fingerprint density at radius 3 is 2.56 bits per heavy atom. The van der Waals surface area contributed by atoms with Gasteiger partial charge < -0.3 is 14.8 Å². The summed E-state index contributed by atoms with van der Waals surface area (Å²) in [6, 6.07) is 10.3. The average Bonchev–Trinajstić information content (AvgIpc) is 3.03. The van der Waals surface area contributed by atoms with Crippen molar-refractivity contribution in [3.05, 3.63) is 56.9 Å². The van der Waals surface area contributed by atoms with E-state index < -0.39 is 0 Å². The standard InChI is InChI=1S/C22H20Cl2N2O4S2/c1-29-17-8-5-13(10-18(17)30-2)11-19-21(28)26(22(31)32-19)9-3-4-20(27)25-14-6-7-15(23)16(24)12-14/h5-8,10-12H,3-4,9H2,1-2H3,(H,25,27)/b19-11-. The first-order valence-electron chi connectivity index (χ1n) is 9.54. The molecule has 32 heavy (non-hydrogen) atoms. The second kappa shape index (κ2) is 11.0. The van der Waals surface area contributed by atoms with Crippen molar-refractivity contribution in [1.29, 1.82) is 0 Å². The van der Waals surface area contributed by atoms with E-state index >= 15 is 0 Å². The van der Waals surface area contributed by atoms with Gasteiger partial charge in [0.15, 0.2) is 11.5 Å². The zero-order valence-electron chi connectivity index (χ0n) is 17.3. The Morgan fingerprint density at radius 2 is 1.88 bits per heavy atom. The van der Waals surface area contributed by atoms with Crippen LogP contribution in [0.25, 0.3) is 6.08 Å². The summed E-state index contributed by atoms with van der Waals surface area (Å²) < 4.78 is 11.0. The largest absolute Gasteiger partial charge is 0.493 e. The Balaban J connectivity index is 1.57. The Bertz CT molecular complexity index is 1090. The van der Waals surface area contributed by atoms with E-state index in [0.717, 1.165) is 5.56 Å². The number of carbonyl (C=O) groups excluding carboxylic acids is 2. The van der Waals surface area contributed by atoms with E-state index in [4.69, 9.17) is 44.9 Å². The maximum absolute atomic E-state index is 12.8. The van der Waals surface area contributed by atoms with Crippen LogP contribution in [0.15, 0.2) is 41.3 Å². The fourth-order valence-electron chi connectivity index (χ4n) is 2.98. The number of benzene rings is 2. The molecule has 0 aliphatic carbocycles. The lowest BCUT2D eigenvalue weighted by molar-refractivity contribution is -0.122. The number of hydrogen-bond acceptors (Lipinski definition) is 6. The van der Waals surface area contributed by atoms with Crippen LogP contribution in [0.1, 0.15) is 18.4 Å². The van der Waals surface area contributed by atoms with Crippen LogP contribution in [0, 0.1) is 0 Å². The first-order valence-corrected chi connectivity index (χ1v) is 11.5. The number of carbonyl (C=O) groups is 2. The topological polar surface area (TPSA) is 67.9 Å². The minimum Gasteiger partial charge on any atom is -0.493 e. The number of thiocarbonyl (C=S) groups is 1. The van der Waals surface area contributed by atoms with Crippen molar-refractivity contribution in [3.63, 3.8) is 0 Å². The number of methoxy groups -OCH3 is 2. The molecule has 1 fully saturated rings. The van der Waals surface area contributed by atoms with Gasteiger partial charge in [-0.15, -0.1) is 0 Å². The average molecular weight is 511 g/mol. The first-order chi connectivity index (χ1) is 15.3. The second-order valence-corrected chi connectivity index (χ2v) is 9.22. The van der Waals surface area contributed by atoms with Crippen LogP contribution in [0.5, 0.6) is 11.5 Å². The Kier molecular flexibility index (Phi) is 8.42. The molecule has 2 aromatic carbocycles. The molecule has 1 saturated heterocycles. The molecule has 0 spiro atoms. The van der Waals surface area contributed by atoms with Gasteiger partial charge in [0, 0.05) is 18.7 Å². The molecule has 168 valence electrons. The molecule has 2 aromatic rings. The highest BCUT2D eigenvalue weighted by atomic mass is 35.5. The molecular formula is C22H20Cl2N2O4S2. The fraction of sp³-hybridized carbons (Fsp3) is 0.227. The minimum atomic E-state index is -0.185. The Hall–Kier alpha value is -2.26. The van der Waals surface area contributed by atoms with E-state index in [1.807, 2.05) is 6.07 Å². The summed E-state index contributed by atoms with van der Waals surface area (Å²) in [6.45, 7) is 0.350. The van der Waals surface area contributed by atoms with E-state index in [1.54, 1.807) is 50.6 Å². The molecule has 0 atom stereocenters. The smallest absolute Gasteiger partial charge is 0.266 e. The molecule has 0 aromatic heterocycles. The van der Waals surface area contributed by atoms with Crippen LogP contribution in [-0.2, 0) is 9.59 Å². The SMILES string of the molecule is COc1ccc(/C=C2\SC(=S)N(CCCC(=O)Nc3ccc(Cl)c(Cl)c3)C2=O)cc1OC. The van der Waals surface area contributed by atoms with E-state index in [-0.39, 0.29) is 18.2 Å². The molecule has 10 heteroatoms. The highest BCUT2D eigenvalue weighted by molar-refractivity contribution is 8.26. The molecule has 0 bridgehead atoms. The lowest BCUT2D eigenvalue weighted by atomic mass is 10.2. The summed E-state index contributed by atoms with van der Waals surface area (Å²) in [5, 5.41) is 3.54.